The number of alkyl halides is 1. The van der Waals surface area contributed by atoms with Crippen LogP contribution in [0.5, 0.6) is 5.75 Å². The normalized spacial score (nSPS) is 10.6. The molecule has 0 spiro atoms. The van der Waals surface area contributed by atoms with Crippen LogP contribution in [-0.4, -0.2) is 35.8 Å². The second kappa shape index (κ2) is 6.25. The molecule has 0 aliphatic rings. The summed E-state index contributed by atoms with van der Waals surface area (Å²) in [6.45, 7) is 4.76. The van der Waals surface area contributed by atoms with Crippen LogP contribution in [-0.2, 0) is 0 Å². The standard InChI is InChI=1S/C11H16BrNO2S/c1-8(2)13(5-4-12)11(14)10-6-9(15-3)7-16-10/h6-8H,4-5H2,1-3H3. The number of methoxy groups -OCH3 is 1. The highest BCUT2D eigenvalue weighted by atomic mass is 79.9. The Kier molecular flexibility index (Phi) is 5.28. The lowest BCUT2D eigenvalue weighted by molar-refractivity contribution is 0.0724. The summed E-state index contributed by atoms with van der Waals surface area (Å²) in [5.74, 6) is 0.818. The summed E-state index contributed by atoms with van der Waals surface area (Å²) in [5, 5.41) is 2.64. The van der Waals surface area contributed by atoms with Crippen LogP contribution in [0.4, 0.5) is 0 Å². The number of thiophene rings is 1. The third-order valence-corrected chi connectivity index (χ3v) is 3.48. The highest BCUT2D eigenvalue weighted by Crippen LogP contribution is 2.23. The summed E-state index contributed by atoms with van der Waals surface area (Å²) in [4.78, 5) is 14.7. The molecule has 0 saturated heterocycles. The van der Waals surface area contributed by atoms with Crippen molar-refractivity contribution in [1.29, 1.82) is 0 Å². The highest BCUT2D eigenvalue weighted by molar-refractivity contribution is 9.09. The summed E-state index contributed by atoms with van der Waals surface area (Å²) in [6, 6.07) is 1.99. The Balaban J connectivity index is 2.81. The summed E-state index contributed by atoms with van der Waals surface area (Å²) in [5.41, 5.74) is 0. The van der Waals surface area contributed by atoms with Crippen LogP contribution in [0.25, 0.3) is 0 Å². The van der Waals surface area contributed by atoms with E-state index in [0.29, 0.717) is 0 Å². The summed E-state index contributed by atoms with van der Waals surface area (Å²) >= 11 is 4.79. The average molecular weight is 306 g/mol. The molecule has 1 aromatic heterocycles. The van der Waals surface area contributed by atoms with Crippen molar-refractivity contribution in [3.05, 3.63) is 16.3 Å². The van der Waals surface area contributed by atoms with E-state index in [-0.39, 0.29) is 11.9 Å². The number of nitrogens with zero attached hydrogens (tertiary/aromatic N) is 1. The molecule has 0 aromatic carbocycles. The Labute approximate surface area is 109 Å². The fourth-order valence-corrected chi connectivity index (χ4v) is 2.56. The predicted octanol–water partition coefficient (Wildman–Crippen LogP) is 3.00. The van der Waals surface area contributed by atoms with Gasteiger partial charge in [0.25, 0.3) is 5.91 Å². The van der Waals surface area contributed by atoms with Gasteiger partial charge in [-0.25, -0.2) is 0 Å². The Morgan fingerprint density at radius 1 is 1.62 bits per heavy atom. The van der Waals surface area contributed by atoms with Crippen LogP contribution in [0.15, 0.2) is 11.4 Å². The fourth-order valence-electron chi connectivity index (χ4n) is 1.36. The molecule has 0 atom stereocenters. The summed E-state index contributed by atoms with van der Waals surface area (Å²) in [7, 11) is 1.61. The molecule has 0 radical (unpaired) electrons. The zero-order valence-corrected chi connectivity index (χ0v) is 12.1. The molecule has 1 rings (SSSR count). The minimum atomic E-state index is 0.0720. The van der Waals surface area contributed by atoms with Crippen molar-refractivity contribution in [3.8, 4) is 5.75 Å². The molecule has 90 valence electrons. The topological polar surface area (TPSA) is 29.5 Å². The maximum Gasteiger partial charge on any atom is 0.264 e. The second-order valence-electron chi connectivity index (χ2n) is 3.63. The van der Waals surface area contributed by atoms with E-state index in [0.717, 1.165) is 22.5 Å². The van der Waals surface area contributed by atoms with Crippen LogP contribution >= 0.6 is 27.3 Å². The molecular weight excluding hydrogens is 290 g/mol. The molecule has 0 aliphatic carbocycles. The molecule has 0 saturated carbocycles. The van der Waals surface area contributed by atoms with Crippen LogP contribution in [0, 0.1) is 0 Å². The first kappa shape index (κ1) is 13.5. The van der Waals surface area contributed by atoms with Gasteiger partial charge in [0.05, 0.1) is 12.0 Å². The van der Waals surface area contributed by atoms with Gasteiger partial charge < -0.3 is 9.64 Å². The molecule has 1 aromatic rings. The van der Waals surface area contributed by atoms with E-state index in [1.807, 2.05) is 24.1 Å². The van der Waals surface area contributed by atoms with Crippen molar-refractivity contribution >= 4 is 33.2 Å². The number of carbonyl (C=O) groups is 1. The van der Waals surface area contributed by atoms with Crippen LogP contribution in [0.3, 0.4) is 0 Å². The largest absolute Gasteiger partial charge is 0.496 e. The molecule has 0 bridgehead atoms. The maximum atomic E-state index is 12.2. The van der Waals surface area contributed by atoms with Gasteiger partial charge >= 0.3 is 0 Å². The smallest absolute Gasteiger partial charge is 0.264 e. The van der Waals surface area contributed by atoms with E-state index in [2.05, 4.69) is 15.9 Å². The van der Waals surface area contributed by atoms with Gasteiger partial charge in [-0.3, -0.25) is 4.79 Å². The molecule has 0 unspecified atom stereocenters. The van der Waals surface area contributed by atoms with Crippen molar-refractivity contribution in [1.82, 2.24) is 4.90 Å². The molecule has 1 heterocycles. The van der Waals surface area contributed by atoms with Gasteiger partial charge in [0, 0.05) is 29.4 Å². The minimum Gasteiger partial charge on any atom is -0.496 e. The fraction of sp³-hybridized carbons (Fsp3) is 0.545. The molecule has 0 fully saturated rings. The maximum absolute atomic E-state index is 12.2. The molecule has 1 amide bonds. The van der Waals surface area contributed by atoms with Crippen LogP contribution in [0.1, 0.15) is 23.5 Å². The van der Waals surface area contributed by atoms with Gasteiger partial charge in [0.2, 0.25) is 0 Å². The van der Waals surface area contributed by atoms with Gasteiger partial charge in [0.15, 0.2) is 0 Å². The van der Waals surface area contributed by atoms with Crippen molar-refractivity contribution in [3.63, 3.8) is 0 Å². The summed E-state index contributed by atoms with van der Waals surface area (Å²) in [6.07, 6.45) is 0. The number of hydrogen-bond acceptors (Lipinski definition) is 3. The zero-order chi connectivity index (χ0) is 12.1. The third kappa shape index (κ3) is 3.22. The Morgan fingerprint density at radius 2 is 2.31 bits per heavy atom. The minimum absolute atomic E-state index is 0.0720. The monoisotopic (exact) mass is 305 g/mol. The van der Waals surface area contributed by atoms with Gasteiger partial charge in [-0.05, 0) is 13.8 Å². The third-order valence-electron chi connectivity index (χ3n) is 2.23. The molecule has 0 N–H and O–H groups in total. The van der Waals surface area contributed by atoms with E-state index in [4.69, 9.17) is 4.74 Å². The predicted molar refractivity (Wildman–Crippen MR) is 70.8 cm³/mol. The lowest BCUT2D eigenvalue weighted by Crippen LogP contribution is -2.37. The number of carbonyl (C=O) groups excluding carboxylic acids is 1. The molecule has 16 heavy (non-hydrogen) atoms. The lowest BCUT2D eigenvalue weighted by atomic mass is 10.3. The van der Waals surface area contributed by atoms with E-state index in [1.165, 1.54) is 11.3 Å². The molecular formula is C11H16BrNO2S. The van der Waals surface area contributed by atoms with Crippen molar-refractivity contribution in [2.24, 2.45) is 0 Å². The first-order chi connectivity index (χ1) is 7.60. The number of hydrogen-bond donors (Lipinski definition) is 0. The number of rotatable bonds is 5. The lowest BCUT2D eigenvalue weighted by Gasteiger charge is -2.25. The number of ether oxygens (including phenoxy) is 1. The molecule has 5 heteroatoms. The van der Waals surface area contributed by atoms with Gasteiger partial charge in [-0.1, -0.05) is 15.9 Å². The van der Waals surface area contributed by atoms with Gasteiger partial charge in [-0.15, -0.1) is 11.3 Å². The number of amides is 1. The van der Waals surface area contributed by atoms with E-state index in [1.54, 1.807) is 13.2 Å². The first-order valence-corrected chi connectivity index (χ1v) is 7.09. The first-order valence-electron chi connectivity index (χ1n) is 5.09. The average Bonchev–Trinajstić information content (AvgIpc) is 2.73. The van der Waals surface area contributed by atoms with Crippen LogP contribution < -0.4 is 4.74 Å². The van der Waals surface area contributed by atoms with Crippen molar-refractivity contribution < 1.29 is 9.53 Å². The van der Waals surface area contributed by atoms with Gasteiger partial charge in [0.1, 0.15) is 5.75 Å². The van der Waals surface area contributed by atoms with Crippen molar-refractivity contribution in [2.75, 3.05) is 19.0 Å². The quantitative estimate of drug-likeness (QED) is 0.783. The molecule has 3 nitrogen and oxygen atoms in total. The van der Waals surface area contributed by atoms with Crippen molar-refractivity contribution in [2.45, 2.75) is 19.9 Å². The van der Waals surface area contributed by atoms with E-state index < -0.39 is 0 Å². The van der Waals surface area contributed by atoms with Crippen LogP contribution in [0.2, 0.25) is 0 Å². The molecule has 0 aliphatic heterocycles. The number of halogens is 1. The Hall–Kier alpha value is -0.550. The van der Waals surface area contributed by atoms with E-state index in [9.17, 15) is 4.79 Å². The highest BCUT2D eigenvalue weighted by Gasteiger charge is 2.19. The van der Waals surface area contributed by atoms with Gasteiger partial charge in [-0.2, -0.15) is 0 Å². The SMILES string of the molecule is COc1csc(C(=O)N(CCBr)C(C)C)c1. The zero-order valence-electron chi connectivity index (χ0n) is 9.70. The second-order valence-corrected chi connectivity index (χ2v) is 5.34. The Morgan fingerprint density at radius 3 is 2.75 bits per heavy atom. The summed E-state index contributed by atoms with van der Waals surface area (Å²) < 4.78 is 5.08. The Bertz CT molecular complexity index is 352. The van der Waals surface area contributed by atoms with E-state index >= 15 is 0 Å².